The third-order valence-corrected chi connectivity index (χ3v) is 7.12. The minimum atomic E-state index is -0.594. The molecule has 35 heavy (non-hydrogen) atoms. The summed E-state index contributed by atoms with van der Waals surface area (Å²) < 4.78 is 16.4. The maximum Gasteiger partial charge on any atom is 0.234 e. The van der Waals surface area contributed by atoms with Gasteiger partial charge in [0.15, 0.2) is 5.78 Å². The molecule has 0 radical (unpaired) electrons. The normalized spacial score (nSPS) is 17.5. The fourth-order valence-corrected chi connectivity index (χ4v) is 5.31. The van der Waals surface area contributed by atoms with E-state index in [0.29, 0.717) is 62.7 Å². The van der Waals surface area contributed by atoms with Crippen molar-refractivity contribution in [3.05, 3.63) is 62.7 Å². The smallest absolute Gasteiger partial charge is 0.234 e. The largest absolute Gasteiger partial charge is 0.495 e. The number of thioether (sulfide) groups is 1. The summed E-state index contributed by atoms with van der Waals surface area (Å²) >= 11 is 7.34. The number of Topliss-reactive ketones (excluding diaryl/α,β-unsaturated/α-hetero) is 1. The Hall–Kier alpha value is -3.35. The Kier molecular flexibility index (Phi) is 7.43. The first-order valence-corrected chi connectivity index (χ1v) is 12.3. The molecule has 182 valence electrons. The zero-order chi connectivity index (χ0) is 25.1. The van der Waals surface area contributed by atoms with E-state index in [1.165, 1.54) is 26.0 Å². The fourth-order valence-electron chi connectivity index (χ4n) is 4.21. The van der Waals surface area contributed by atoms with Crippen LogP contribution in [0, 0.1) is 18.3 Å². The van der Waals surface area contributed by atoms with Crippen LogP contribution in [0.25, 0.3) is 0 Å². The second-order valence-electron chi connectivity index (χ2n) is 8.05. The Morgan fingerprint density at radius 1 is 1.29 bits per heavy atom. The van der Waals surface area contributed by atoms with Crippen LogP contribution in [0.2, 0.25) is 5.02 Å². The van der Waals surface area contributed by atoms with Crippen LogP contribution in [0.5, 0.6) is 11.5 Å². The van der Waals surface area contributed by atoms with Gasteiger partial charge in [-0.25, -0.2) is 0 Å². The zero-order valence-corrected chi connectivity index (χ0v) is 21.1. The van der Waals surface area contributed by atoms with Crippen molar-refractivity contribution in [2.24, 2.45) is 0 Å². The van der Waals surface area contributed by atoms with Crippen LogP contribution in [0.3, 0.4) is 0 Å². The van der Waals surface area contributed by atoms with Crippen molar-refractivity contribution in [1.82, 2.24) is 5.32 Å². The number of ketones is 1. The van der Waals surface area contributed by atoms with Gasteiger partial charge in [-0.3, -0.25) is 9.59 Å². The number of allylic oxidation sites excluding steroid dienone is 3. The highest BCUT2D eigenvalue weighted by Gasteiger charge is 2.38. The number of nitriles is 1. The van der Waals surface area contributed by atoms with E-state index in [0.717, 1.165) is 12.1 Å². The molecule has 1 aromatic heterocycles. The number of amides is 1. The summed E-state index contributed by atoms with van der Waals surface area (Å²) in [7, 11) is 2.96. The van der Waals surface area contributed by atoms with Gasteiger partial charge in [0.05, 0.1) is 53.3 Å². The van der Waals surface area contributed by atoms with Crippen LogP contribution < -0.4 is 20.1 Å². The van der Waals surface area contributed by atoms with Crippen LogP contribution >= 0.6 is 23.4 Å². The van der Waals surface area contributed by atoms with Gasteiger partial charge in [0.25, 0.3) is 0 Å². The number of carbonyl (C=O) groups is 2. The molecule has 1 aromatic carbocycles. The first-order chi connectivity index (χ1) is 16.9. The van der Waals surface area contributed by atoms with Gasteiger partial charge in [-0.2, -0.15) is 5.26 Å². The Bertz CT molecular complexity index is 1290. The molecular weight excluding hydrogens is 490 g/mol. The predicted octanol–water partition coefficient (Wildman–Crippen LogP) is 5.06. The Morgan fingerprint density at radius 2 is 2.06 bits per heavy atom. The van der Waals surface area contributed by atoms with Gasteiger partial charge in [0.2, 0.25) is 5.91 Å². The number of halogens is 1. The molecular formula is C25H24ClN3O5S. The number of anilines is 1. The lowest BCUT2D eigenvalue weighted by molar-refractivity contribution is -0.116. The minimum Gasteiger partial charge on any atom is -0.495 e. The van der Waals surface area contributed by atoms with E-state index in [1.54, 1.807) is 18.2 Å². The summed E-state index contributed by atoms with van der Waals surface area (Å²) in [5.41, 5.74) is 2.13. The van der Waals surface area contributed by atoms with Crippen molar-refractivity contribution in [3.63, 3.8) is 0 Å². The molecule has 4 rings (SSSR count). The summed E-state index contributed by atoms with van der Waals surface area (Å²) in [6, 6.07) is 9.00. The van der Waals surface area contributed by atoms with Gasteiger partial charge < -0.3 is 24.5 Å². The highest BCUT2D eigenvalue weighted by Crippen LogP contribution is 2.44. The number of furan rings is 1. The van der Waals surface area contributed by atoms with Gasteiger partial charge in [0, 0.05) is 29.8 Å². The molecule has 0 unspecified atom stereocenters. The second kappa shape index (κ2) is 10.5. The minimum absolute atomic E-state index is 0.0103. The van der Waals surface area contributed by atoms with Gasteiger partial charge >= 0.3 is 0 Å². The SMILES string of the molecule is COc1cc(NC(=O)CSC2=C(C#N)[C@@H](c3ccc(C)o3)C3=C(CCCC3=O)N2)c(OC)cc1Cl. The Morgan fingerprint density at radius 3 is 2.71 bits per heavy atom. The second-order valence-corrected chi connectivity index (χ2v) is 9.45. The van der Waals surface area contributed by atoms with Crippen molar-refractivity contribution in [2.75, 3.05) is 25.3 Å². The van der Waals surface area contributed by atoms with Crippen LogP contribution in [0.1, 0.15) is 36.7 Å². The molecule has 1 amide bonds. The highest BCUT2D eigenvalue weighted by atomic mass is 35.5. The predicted molar refractivity (Wildman–Crippen MR) is 133 cm³/mol. The average Bonchev–Trinajstić information content (AvgIpc) is 3.28. The van der Waals surface area contributed by atoms with E-state index in [9.17, 15) is 14.9 Å². The summed E-state index contributed by atoms with van der Waals surface area (Å²) in [6.07, 6.45) is 1.85. The molecule has 10 heteroatoms. The van der Waals surface area contributed by atoms with E-state index < -0.39 is 5.92 Å². The third-order valence-electron chi connectivity index (χ3n) is 5.80. The first-order valence-electron chi connectivity index (χ1n) is 10.9. The van der Waals surface area contributed by atoms with Crippen LogP contribution in [0.4, 0.5) is 5.69 Å². The number of nitrogens with one attached hydrogen (secondary N) is 2. The summed E-state index contributed by atoms with van der Waals surface area (Å²) in [6.45, 7) is 1.82. The number of hydrogen-bond donors (Lipinski definition) is 2. The van der Waals surface area contributed by atoms with E-state index in [4.69, 9.17) is 25.5 Å². The number of benzene rings is 1. The van der Waals surface area contributed by atoms with Crippen LogP contribution in [-0.4, -0.2) is 31.7 Å². The number of dihydropyridines is 1. The van der Waals surface area contributed by atoms with E-state index in [2.05, 4.69) is 16.7 Å². The lowest BCUT2D eigenvalue weighted by Gasteiger charge is -2.32. The van der Waals surface area contributed by atoms with Crippen molar-refractivity contribution >= 4 is 40.7 Å². The van der Waals surface area contributed by atoms with Crippen molar-refractivity contribution in [2.45, 2.75) is 32.1 Å². The van der Waals surface area contributed by atoms with Crippen molar-refractivity contribution < 1.29 is 23.5 Å². The zero-order valence-electron chi connectivity index (χ0n) is 19.5. The molecule has 0 saturated carbocycles. The maximum atomic E-state index is 12.8. The molecule has 0 fully saturated rings. The number of rotatable bonds is 7. The monoisotopic (exact) mass is 513 g/mol. The molecule has 2 aromatic rings. The Balaban J connectivity index is 1.58. The topological polar surface area (TPSA) is 114 Å². The van der Waals surface area contributed by atoms with Gasteiger partial charge in [-0.05, 0) is 31.9 Å². The van der Waals surface area contributed by atoms with E-state index >= 15 is 0 Å². The molecule has 1 aliphatic carbocycles. The van der Waals surface area contributed by atoms with Crippen LogP contribution in [-0.2, 0) is 9.59 Å². The van der Waals surface area contributed by atoms with Gasteiger partial charge in [0.1, 0.15) is 23.0 Å². The summed E-state index contributed by atoms with van der Waals surface area (Å²) in [4.78, 5) is 25.6. The fraction of sp³-hybridized carbons (Fsp3) is 0.320. The molecule has 8 nitrogen and oxygen atoms in total. The average molecular weight is 514 g/mol. The van der Waals surface area contributed by atoms with Crippen molar-refractivity contribution in [1.29, 1.82) is 5.26 Å². The molecule has 0 saturated heterocycles. The number of hydrogen-bond acceptors (Lipinski definition) is 8. The Labute approximate surface area is 212 Å². The maximum absolute atomic E-state index is 12.8. The molecule has 2 aliphatic rings. The number of methoxy groups -OCH3 is 2. The molecule has 0 bridgehead atoms. The summed E-state index contributed by atoms with van der Waals surface area (Å²) in [5, 5.41) is 17.0. The molecule has 1 aliphatic heterocycles. The highest BCUT2D eigenvalue weighted by molar-refractivity contribution is 8.03. The molecule has 2 heterocycles. The third kappa shape index (κ3) is 5.04. The lowest BCUT2D eigenvalue weighted by atomic mass is 9.79. The standard InChI is InChI=1S/C25H24ClN3O5S/c1-13-7-8-19(34-13)23-14(11-27)25(29-16-5-4-6-18(30)24(16)23)35-12-22(31)28-17-10-20(32-2)15(26)9-21(17)33-3/h7-10,23,29H,4-6,12H2,1-3H3,(H,28,31)/t23-/m0/s1. The lowest BCUT2D eigenvalue weighted by Crippen LogP contribution is -2.31. The first kappa shape index (κ1) is 24.8. The van der Waals surface area contributed by atoms with Crippen molar-refractivity contribution in [3.8, 4) is 17.6 Å². The number of carbonyl (C=O) groups excluding carboxylic acids is 2. The molecule has 0 spiro atoms. The van der Waals surface area contributed by atoms with Gasteiger partial charge in [-0.1, -0.05) is 23.4 Å². The molecule has 2 N–H and O–H groups in total. The number of ether oxygens (including phenoxy) is 2. The van der Waals surface area contributed by atoms with Crippen LogP contribution in [0.15, 0.2) is 50.6 Å². The van der Waals surface area contributed by atoms with E-state index in [-0.39, 0.29) is 17.4 Å². The number of aryl methyl sites for hydroxylation is 1. The summed E-state index contributed by atoms with van der Waals surface area (Å²) in [5.74, 6) is 1.16. The quantitative estimate of drug-likeness (QED) is 0.528. The van der Waals surface area contributed by atoms with E-state index in [1.807, 2.05) is 13.0 Å². The molecule has 1 atom stereocenters. The van der Waals surface area contributed by atoms with Gasteiger partial charge in [-0.15, -0.1) is 0 Å². The number of nitrogens with zero attached hydrogens (tertiary/aromatic N) is 1.